The molecule has 0 aromatic heterocycles. The predicted octanol–water partition coefficient (Wildman–Crippen LogP) is 3.45. The lowest BCUT2D eigenvalue weighted by Gasteiger charge is -2.06. The van der Waals surface area contributed by atoms with Crippen LogP contribution in [0, 0.1) is 0 Å². The predicted molar refractivity (Wildman–Crippen MR) is 81.8 cm³/mol. The van der Waals surface area contributed by atoms with Crippen LogP contribution in [0.5, 0.6) is 0 Å². The third-order valence-electron chi connectivity index (χ3n) is 3.75. The van der Waals surface area contributed by atoms with Gasteiger partial charge < -0.3 is 9.47 Å². The van der Waals surface area contributed by atoms with E-state index in [9.17, 15) is 9.59 Å². The molecule has 112 valence electrons. The number of halogens is 1. The fourth-order valence-corrected chi connectivity index (χ4v) is 3.08. The Bertz CT molecular complexity index is 754. The quantitative estimate of drug-likeness (QED) is 0.492. The second kappa shape index (κ2) is 5.81. The molecule has 1 unspecified atom stereocenters. The van der Waals surface area contributed by atoms with Crippen molar-refractivity contribution < 1.29 is 19.1 Å². The number of fused-ring (bicyclic) bond motifs is 3. The number of methoxy groups -OCH3 is 1. The summed E-state index contributed by atoms with van der Waals surface area (Å²) in [6.45, 7) is 0.622. The zero-order valence-corrected chi connectivity index (χ0v) is 12.6. The summed E-state index contributed by atoms with van der Waals surface area (Å²) in [4.78, 5) is 22.0. The van der Waals surface area contributed by atoms with Gasteiger partial charge in [-0.15, -0.1) is 11.6 Å². The lowest BCUT2D eigenvalue weighted by Crippen LogP contribution is -2.01. The zero-order chi connectivity index (χ0) is 15.7. The van der Waals surface area contributed by atoms with Gasteiger partial charge in [0.2, 0.25) is 0 Å². The Morgan fingerprint density at radius 3 is 2.55 bits per heavy atom. The number of rotatable bonds is 4. The number of hydrogen-bond donors (Lipinski definition) is 0. The van der Waals surface area contributed by atoms with Crippen molar-refractivity contribution in [2.24, 2.45) is 0 Å². The normalized spacial score (nSPS) is 14.9. The van der Waals surface area contributed by atoms with Gasteiger partial charge in [0.05, 0.1) is 18.1 Å². The highest BCUT2D eigenvalue weighted by Gasteiger charge is 2.28. The van der Waals surface area contributed by atoms with Gasteiger partial charge in [0, 0.05) is 0 Å². The maximum Gasteiger partial charge on any atom is 0.337 e. The van der Waals surface area contributed by atoms with Crippen LogP contribution >= 0.6 is 11.6 Å². The van der Waals surface area contributed by atoms with E-state index >= 15 is 0 Å². The molecule has 0 fully saturated rings. The first-order valence-electron chi connectivity index (χ1n) is 6.70. The Labute approximate surface area is 132 Å². The van der Waals surface area contributed by atoms with Gasteiger partial charge in [-0.1, -0.05) is 18.2 Å². The van der Waals surface area contributed by atoms with Crippen LogP contribution in [0.2, 0.25) is 0 Å². The Morgan fingerprint density at radius 1 is 1.18 bits per heavy atom. The van der Waals surface area contributed by atoms with Gasteiger partial charge in [-0.25, -0.2) is 4.79 Å². The Morgan fingerprint density at radius 2 is 1.86 bits per heavy atom. The van der Waals surface area contributed by atoms with Gasteiger partial charge in [0.15, 0.2) is 0 Å². The lowest BCUT2D eigenvalue weighted by atomic mass is 10.0. The molecule has 1 aliphatic carbocycles. The average molecular weight is 317 g/mol. The molecular weight excluding hydrogens is 304 g/mol. The minimum atomic E-state index is -0.386. The number of esters is 1. The summed E-state index contributed by atoms with van der Waals surface area (Å²) in [6.07, 6.45) is 0. The first-order chi connectivity index (χ1) is 10.7. The van der Waals surface area contributed by atoms with Crippen molar-refractivity contribution in [3.05, 3.63) is 58.7 Å². The van der Waals surface area contributed by atoms with Crippen LogP contribution in [0.4, 0.5) is 0 Å². The van der Waals surface area contributed by atoms with E-state index < -0.39 is 0 Å². The van der Waals surface area contributed by atoms with E-state index in [4.69, 9.17) is 21.1 Å². The lowest BCUT2D eigenvalue weighted by molar-refractivity contribution is -0.129. The number of carbonyl (C=O) groups is 2. The highest BCUT2D eigenvalue weighted by atomic mass is 35.5. The molecular formula is C17H13ClO4. The van der Waals surface area contributed by atoms with Gasteiger partial charge in [-0.3, -0.25) is 4.79 Å². The summed E-state index contributed by atoms with van der Waals surface area (Å²) in [6, 6.07) is 11.1. The Balaban J connectivity index is 2.08. The summed E-state index contributed by atoms with van der Waals surface area (Å²) < 4.78 is 9.54. The van der Waals surface area contributed by atoms with Crippen LogP contribution < -0.4 is 0 Å². The summed E-state index contributed by atoms with van der Waals surface area (Å²) in [7, 11) is 1.35. The molecule has 0 spiro atoms. The van der Waals surface area contributed by atoms with E-state index in [-0.39, 0.29) is 18.0 Å². The molecule has 1 aliphatic rings. The molecule has 0 aliphatic heterocycles. The number of hydrogen-bond acceptors (Lipinski definition) is 4. The Kier molecular flexibility index (Phi) is 3.86. The molecule has 22 heavy (non-hydrogen) atoms. The van der Waals surface area contributed by atoms with Crippen molar-refractivity contribution in [1.29, 1.82) is 0 Å². The van der Waals surface area contributed by atoms with Crippen LogP contribution in [0.1, 0.15) is 32.4 Å². The molecule has 0 N–H and O–H groups in total. The summed E-state index contributed by atoms with van der Waals surface area (Å²) >= 11 is 6.49. The van der Waals surface area contributed by atoms with E-state index in [1.54, 1.807) is 12.1 Å². The fourth-order valence-electron chi connectivity index (χ4n) is 2.70. The van der Waals surface area contributed by atoms with Crippen molar-refractivity contribution in [2.75, 3.05) is 7.11 Å². The molecule has 0 saturated heterocycles. The van der Waals surface area contributed by atoms with Crippen LogP contribution in [0.3, 0.4) is 0 Å². The number of ether oxygens (including phenoxy) is 2. The average Bonchev–Trinajstić information content (AvgIpc) is 2.84. The minimum Gasteiger partial charge on any atom is -0.465 e. The number of benzene rings is 2. The summed E-state index contributed by atoms with van der Waals surface area (Å²) in [5.41, 5.74) is 5.14. The van der Waals surface area contributed by atoms with Crippen molar-refractivity contribution in [3.8, 4) is 11.1 Å². The van der Waals surface area contributed by atoms with E-state index in [0.29, 0.717) is 12.0 Å². The fraction of sp³-hybridized carbons (Fsp3) is 0.176. The minimum absolute atomic E-state index is 0.204. The van der Waals surface area contributed by atoms with Crippen molar-refractivity contribution in [1.82, 2.24) is 0 Å². The van der Waals surface area contributed by atoms with Crippen LogP contribution in [-0.4, -0.2) is 19.6 Å². The Hall–Kier alpha value is -2.33. The van der Waals surface area contributed by atoms with Crippen molar-refractivity contribution >= 4 is 24.0 Å². The second-order valence-electron chi connectivity index (χ2n) is 4.98. The molecule has 2 aromatic rings. The second-order valence-corrected chi connectivity index (χ2v) is 5.42. The van der Waals surface area contributed by atoms with Gasteiger partial charge in [0.1, 0.15) is 6.61 Å². The van der Waals surface area contributed by atoms with Crippen LogP contribution in [0.15, 0.2) is 36.4 Å². The number of alkyl halides is 1. The third kappa shape index (κ3) is 2.35. The molecule has 1 atom stereocenters. The van der Waals surface area contributed by atoms with Crippen LogP contribution in [-0.2, 0) is 20.9 Å². The number of carbonyl (C=O) groups excluding carboxylic acids is 2. The van der Waals surface area contributed by atoms with Crippen LogP contribution in [0.25, 0.3) is 11.1 Å². The smallest absolute Gasteiger partial charge is 0.337 e. The molecule has 0 bridgehead atoms. The van der Waals surface area contributed by atoms with Gasteiger partial charge in [-0.05, 0) is 46.0 Å². The van der Waals surface area contributed by atoms with Crippen molar-refractivity contribution in [2.45, 2.75) is 12.0 Å². The molecule has 0 amide bonds. The molecule has 5 heteroatoms. The highest BCUT2D eigenvalue weighted by molar-refractivity contribution is 6.24. The molecule has 4 nitrogen and oxygen atoms in total. The first-order valence-corrected chi connectivity index (χ1v) is 7.14. The van der Waals surface area contributed by atoms with E-state index in [2.05, 4.69) is 0 Å². The van der Waals surface area contributed by atoms with Gasteiger partial charge in [0.25, 0.3) is 6.47 Å². The molecule has 3 rings (SSSR count). The molecule has 0 radical (unpaired) electrons. The summed E-state index contributed by atoms with van der Waals surface area (Å²) in [5, 5.41) is -0.252. The SMILES string of the molecule is COC(=O)c1ccc2c(c1)-c1cc(COC=O)ccc1C2Cl. The highest BCUT2D eigenvalue weighted by Crippen LogP contribution is 2.47. The largest absolute Gasteiger partial charge is 0.465 e. The topological polar surface area (TPSA) is 52.6 Å². The third-order valence-corrected chi connectivity index (χ3v) is 4.22. The summed E-state index contributed by atoms with van der Waals surface area (Å²) in [5.74, 6) is -0.386. The maximum absolute atomic E-state index is 11.7. The van der Waals surface area contributed by atoms with Gasteiger partial charge in [-0.2, -0.15) is 0 Å². The van der Waals surface area contributed by atoms with Gasteiger partial charge >= 0.3 is 5.97 Å². The molecule has 0 saturated carbocycles. The zero-order valence-electron chi connectivity index (χ0n) is 11.8. The molecule has 0 heterocycles. The monoisotopic (exact) mass is 316 g/mol. The van der Waals surface area contributed by atoms with E-state index in [1.165, 1.54) is 7.11 Å². The maximum atomic E-state index is 11.7. The standard InChI is InChI=1S/C17H13ClO4/c1-21-17(20)11-3-5-13-15(7-11)14-6-10(8-22-9-19)2-4-12(14)16(13)18/h2-7,9,16H,8H2,1H3. The first kappa shape index (κ1) is 14.6. The molecule has 2 aromatic carbocycles. The van der Waals surface area contributed by atoms with E-state index in [0.717, 1.165) is 27.8 Å². The van der Waals surface area contributed by atoms with Crippen molar-refractivity contribution in [3.63, 3.8) is 0 Å². The van der Waals surface area contributed by atoms with E-state index in [1.807, 2.05) is 24.3 Å².